The van der Waals surface area contributed by atoms with Crippen molar-refractivity contribution in [3.05, 3.63) is 60.3 Å². The predicted molar refractivity (Wildman–Crippen MR) is 82.2 cm³/mol. The number of aliphatic imine (C=N–C) groups is 1. The molecule has 2 heteroatoms. The third-order valence-corrected chi connectivity index (χ3v) is 3.93. The van der Waals surface area contributed by atoms with Crippen molar-refractivity contribution in [1.29, 1.82) is 0 Å². The van der Waals surface area contributed by atoms with Crippen LogP contribution in [0.2, 0.25) is 0 Å². The van der Waals surface area contributed by atoms with Crippen molar-refractivity contribution in [2.45, 2.75) is 38.0 Å². The summed E-state index contributed by atoms with van der Waals surface area (Å²) in [6, 6.07) is 10.5. The van der Waals surface area contributed by atoms with Crippen molar-refractivity contribution in [1.82, 2.24) is 0 Å². The molecule has 0 atom stereocenters. The second-order valence-electron chi connectivity index (χ2n) is 5.20. The molecule has 0 unspecified atom stereocenters. The van der Waals surface area contributed by atoms with Crippen LogP contribution in [0.15, 0.2) is 59.8 Å². The predicted octanol–water partition coefficient (Wildman–Crippen LogP) is 3.95. The molecule has 100 valence electrons. The number of benzene rings is 1. The van der Waals surface area contributed by atoms with Crippen molar-refractivity contribution >= 4 is 5.84 Å². The molecular formula is C17H22N2. The van der Waals surface area contributed by atoms with Crippen molar-refractivity contribution in [3.63, 3.8) is 0 Å². The van der Waals surface area contributed by atoms with Gasteiger partial charge in [0.25, 0.3) is 0 Å². The van der Waals surface area contributed by atoms with E-state index in [1.807, 2.05) is 19.1 Å². The van der Waals surface area contributed by atoms with E-state index in [0.717, 1.165) is 24.4 Å². The van der Waals surface area contributed by atoms with E-state index in [2.05, 4.69) is 35.8 Å². The van der Waals surface area contributed by atoms with Crippen LogP contribution in [0.5, 0.6) is 0 Å². The van der Waals surface area contributed by atoms with Gasteiger partial charge in [-0.2, -0.15) is 0 Å². The van der Waals surface area contributed by atoms with Crippen molar-refractivity contribution in [2.24, 2.45) is 10.7 Å². The fourth-order valence-electron chi connectivity index (χ4n) is 2.93. The number of amidine groups is 1. The molecular weight excluding hydrogens is 232 g/mol. The van der Waals surface area contributed by atoms with Crippen LogP contribution in [0.4, 0.5) is 0 Å². The van der Waals surface area contributed by atoms with Crippen LogP contribution in [0.25, 0.3) is 0 Å². The number of nitrogens with two attached hydrogens (primary N) is 1. The van der Waals surface area contributed by atoms with Gasteiger partial charge in [0.2, 0.25) is 0 Å². The summed E-state index contributed by atoms with van der Waals surface area (Å²) < 4.78 is 0. The SMILES string of the molecule is C=C/C=C(/C)N=C(N)C1(c2ccccc2)CCCC1. The van der Waals surface area contributed by atoms with Gasteiger partial charge in [-0.1, -0.05) is 55.8 Å². The Kier molecular flexibility index (Phi) is 4.20. The first-order valence-corrected chi connectivity index (χ1v) is 6.88. The quantitative estimate of drug-likeness (QED) is 0.493. The van der Waals surface area contributed by atoms with Gasteiger partial charge >= 0.3 is 0 Å². The van der Waals surface area contributed by atoms with Crippen LogP contribution in [0.1, 0.15) is 38.2 Å². The Balaban J connectivity index is 2.41. The highest BCUT2D eigenvalue weighted by atomic mass is 14.9. The molecule has 1 aliphatic rings. The molecule has 2 rings (SSSR count). The Hall–Kier alpha value is -1.83. The lowest BCUT2D eigenvalue weighted by atomic mass is 9.78. The molecule has 0 bridgehead atoms. The molecule has 1 aromatic rings. The highest BCUT2D eigenvalue weighted by molar-refractivity contribution is 5.92. The molecule has 1 aromatic carbocycles. The molecule has 2 N–H and O–H groups in total. The van der Waals surface area contributed by atoms with Crippen LogP contribution in [-0.4, -0.2) is 5.84 Å². The monoisotopic (exact) mass is 254 g/mol. The molecule has 1 fully saturated rings. The van der Waals surface area contributed by atoms with E-state index >= 15 is 0 Å². The van der Waals surface area contributed by atoms with E-state index in [4.69, 9.17) is 5.73 Å². The van der Waals surface area contributed by atoms with E-state index < -0.39 is 0 Å². The number of hydrogen-bond acceptors (Lipinski definition) is 1. The van der Waals surface area contributed by atoms with Crippen LogP contribution in [0.3, 0.4) is 0 Å². The van der Waals surface area contributed by atoms with Crippen LogP contribution < -0.4 is 5.73 Å². The number of nitrogens with zero attached hydrogens (tertiary/aromatic N) is 1. The highest BCUT2D eigenvalue weighted by Crippen LogP contribution is 2.41. The van der Waals surface area contributed by atoms with Crippen molar-refractivity contribution in [2.75, 3.05) is 0 Å². The molecule has 0 radical (unpaired) electrons. The topological polar surface area (TPSA) is 38.4 Å². The second-order valence-corrected chi connectivity index (χ2v) is 5.20. The third-order valence-electron chi connectivity index (χ3n) is 3.93. The molecule has 19 heavy (non-hydrogen) atoms. The van der Waals surface area contributed by atoms with E-state index in [1.54, 1.807) is 6.08 Å². The lowest BCUT2D eigenvalue weighted by molar-refractivity contribution is 0.592. The first-order chi connectivity index (χ1) is 9.19. The summed E-state index contributed by atoms with van der Waals surface area (Å²) in [5, 5.41) is 0. The summed E-state index contributed by atoms with van der Waals surface area (Å²) >= 11 is 0. The second kappa shape index (κ2) is 5.87. The van der Waals surface area contributed by atoms with E-state index in [-0.39, 0.29) is 5.41 Å². The average Bonchev–Trinajstić information content (AvgIpc) is 2.90. The number of hydrogen-bond donors (Lipinski definition) is 1. The summed E-state index contributed by atoms with van der Waals surface area (Å²) in [5.41, 5.74) is 8.48. The van der Waals surface area contributed by atoms with Gasteiger partial charge in [0.05, 0.1) is 5.41 Å². The van der Waals surface area contributed by atoms with Crippen molar-refractivity contribution < 1.29 is 0 Å². The maximum Gasteiger partial charge on any atom is 0.110 e. The van der Waals surface area contributed by atoms with Gasteiger partial charge in [-0.25, -0.2) is 4.99 Å². The first kappa shape index (κ1) is 13.6. The van der Waals surface area contributed by atoms with Gasteiger partial charge in [0.1, 0.15) is 5.84 Å². The highest BCUT2D eigenvalue weighted by Gasteiger charge is 2.39. The van der Waals surface area contributed by atoms with Gasteiger partial charge < -0.3 is 5.73 Å². The zero-order chi connectivity index (χ0) is 13.7. The van der Waals surface area contributed by atoms with Crippen LogP contribution >= 0.6 is 0 Å². The van der Waals surface area contributed by atoms with Gasteiger partial charge in [-0.05, 0) is 31.4 Å². The Bertz CT molecular complexity index is 491. The molecule has 0 spiro atoms. The average molecular weight is 254 g/mol. The smallest absolute Gasteiger partial charge is 0.110 e. The van der Waals surface area contributed by atoms with Crippen LogP contribution in [0, 0.1) is 0 Å². The molecule has 0 heterocycles. The maximum atomic E-state index is 6.35. The normalized spacial score (nSPS) is 19.4. The fourth-order valence-corrected chi connectivity index (χ4v) is 2.93. The summed E-state index contributed by atoms with van der Waals surface area (Å²) in [4.78, 5) is 4.58. The van der Waals surface area contributed by atoms with Gasteiger partial charge in [0, 0.05) is 5.70 Å². The standard InChI is InChI=1S/C17H22N2/c1-3-9-14(2)19-16(18)17(12-7-8-13-17)15-10-5-4-6-11-15/h3-6,9-11H,1,7-8,12-13H2,2H3,(H2,18,19)/b14-9-. The fraction of sp³-hybridized carbons (Fsp3) is 0.353. The molecule has 0 aromatic heterocycles. The molecule has 0 saturated heterocycles. The van der Waals surface area contributed by atoms with Gasteiger partial charge in [-0.3, -0.25) is 0 Å². The largest absolute Gasteiger partial charge is 0.386 e. The van der Waals surface area contributed by atoms with Crippen molar-refractivity contribution in [3.8, 4) is 0 Å². The van der Waals surface area contributed by atoms with E-state index in [9.17, 15) is 0 Å². The van der Waals surface area contributed by atoms with Crippen LogP contribution in [-0.2, 0) is 5.41 Å². The van der Waals surface area contributed by atoms with Gasteiger partial charge in [-0.15, -0.1) is 0 Å². The third kappa shape index (κ3) is 2.78. The zero-order valence-electron chi connectivity index (χ0n) is 11.6. The Morgan fingerprint density at radius 2 is 1.89 bits per heavy atom. The Labute approximate surface area is 115 Å². The maximum absolute atomic E-state index is 6.35. The Morgan fingerprint density at radius 3 is 2.47 bits per heavy atom. The van der Waals surface area contributed by atoms with E-state index in [0.29, 0.717) is 0 Å². The molecule has 1 saturated carbocycles. The van der Waals surface area contributed by atoms with E-state index in [1.165, 1.54) is 18.4 Å². The lowest BCUT2D eigenvalue weighted by Gasteiger charge is -2.29. The molecule has 0 aliphatic heterocycles. The molecule has 1 aliphatic carbocycles. The first-order valence-electron chi connectivity index (χ1n) is 6.88. The minimum absolute atomic E-state index is 0.0719. The van der Waals surface area contributed by atoms with Gasteiger partial charge in [0.15, 0.2) is 0 Å². The summed E-state index contributed by atoms with van der Waals surface area (Å²) in [6.45, 7) is 5.65. The number of rotatable bonds is 4. The minimum Gasteiger partial charge on any atom is -0.386 e. The molecule has 0 amide bonds. The summed E-state index contributed by atoms with van der Waals surface area (Å²) in [5.74, 6) is 0.742. The Morgan fingerprint density at radius 1 is 1.26 bits per heavy atom. The lowest BCUT2D eigenvalue weighted by Crippen LogP contribution is -2.39. The summed E-state index contributed by atoms with van der Waals surface area (Å²) in [7, 11) is 0. The zero-order valence-corrected chi connectivity index (χ0v) is 11.6. The summed E-state index contributed by atoms with van der Waals surface area (Å²) in [6.07, 6.45) is 8.25. The molecule has 2 nitrogen and oxygen atoms in total. The number of allylic oxidation sites excluding steroid dienone is 3. The minimum atomic E-state index is -0.0719.